The minimum absolute atomic E-state index is 0.500. The number of rotatable bonds is 2. The Morgan fingerprint density at radius 2 is 2.17 bits per heavy atom. The Hall–Kier alpha value is -1.94. The maximum absolute atomic E-state index is 5.53. The molecule has 0 spiro atoms. The van der Waals surface area contributed by atoms with Gasteiger partial charge in [0.1, 0.15) is 0 Å². The van der Waals surface area contributed by atoms with Gasteiger partial charge in [0.15, 0.2) is 5.58 Å². The molecule has 0 amide bonds. The molecule has 0 bridgehead atoms. The van der Waals surface area contributed by atoms with Gasteiger partial charge < -0.3 is 8.98 Å². The summed E-state index contributed by atoms with van der Waals surface area (Å²) in [6.45, 7) is 0. The molecule has 1 aromatic carbocycles. The standard InChI is InChI=1S/C14H12N2OS/c1-16-12-6-5-10(9-13(12)17-14(16)18)8-11-4-2-3-7-15-11/h2-7,9H,8H2,1H3. The van der Waals surface area contributed by atoms with Gasteiger partial charge in [0.05, 0.1) is 5.52 Å². The van der Waals surface area contributed by atoms with Gasteiger partial charge in [0.25, 0.3) is 4.84 Å². The van der Waals surface area contributed by atoms with E-state index >= 15 is 0 Å². The van der Waals surface area contributed by atoms with Crippen LogP contribution in [0.4, 0.5) is 0 Å². The first-order chi connectivity index (χ1) is 8.74. The highest BCUT2D eigenvalue weighted by Crippen LogP contribution is 2.19. The Morgan fingerprint density at radius 1 is 1.28 bits per heavy atom. The molecule has 18 heavy (non-hydrogen) atoms. The monoisotopic (exact) mass is 256 g/mol. The van der Waals surface area contributed by atoms with Gasteiger partial charge in [0, 0.05) is 25.4 Å². The third-order valence-electron chi connectivity index (χ3n) is 2.97. The summed E-state index contributed by atoms with van der Waals surface area (Å²) in [5.41, 5.74) is 4.07. The second kappa shape index (κ2) is 4.38. The van der Waals surface area contributed by atoms with Crippen LogP contribution in [0.3, 0.4) is 0 Å². The van der Waals surface area contributed by atoms with Crippen molar-refractivity contribution in [3.63, 3.8) is 0 Å². The molecule has 0 fully saturated rings. The summed E-state index contributed by atoms with van der Waals surface area (Å²) in [6.07, 6.45) is 2.61. The summed E-state index contributed by atoms with van der Waals surface area (Å²) in [5, 5.41) is 0. The first-order valence-corrected chi connectivity index (χ1v) is 6.13. The quantitative estimate of drug-likeness (QED) is 0.658. The summed E-state index contributed by atoms with van der Waals surface area (Å²) < 4.78 is 7.40. The van der Waals surface area contributed by atoms with E-state index in [2.05, 4.69) is 11.1 Å². The van der Waals surface area contributed by atoms with E-state index in [1.165, 1.54) is 5.56 Å². The fourth-order valence-electron chi connectivity index (χ4n) is 2.00. The first-order valence-electron chi connectivity index (χ1n) is 5.72. The molecule has 3 aromatic rings. The number of hydrogen-bond acceptors (Lipinski definition) is 3. The highest BCUT2D eigenvalue weighted by Gasteiger charge is 2.05. The molecule has 0 unspecified atom stereocenters. The molecule has 0 aliphatic carbocycles. The second-order valence-electron chi connectivity index (χ2n) is 4.23. The molecule has 0 aliphatic heterocycles. The van der Waals surface area contributed by atoms with E-state index in [4.69, 9.17) is 16.6 Å². The van der Waals surface area contributed by atoms with E-state index in [0.29, 0.717) is 4.84 Å². The lowest BCUT2D eigenvalue weighted by Crippen LogP contribution is -1.91. The number of hydrogen-bond donors (Lipinski definition) is 0. The van der Waals surface area contributed by atoms with E-state index in [9.17, 15) is 0 Å². The van der Waals surface area contributed by atoms with Gasteiger partial charge >= 0.3 is 0 Å². The Morgan fingerprint density at radius 3 is 2.94 bits per heavy atom. The van der Waals surface area contributed by atoms with Gasteiger partial charge in [-0.3, -0.25) is 4.98 Å². The highest BCUT2D eigenvalue weighted by molar-refractivity contribution is 7.71. The van der Waals surface area contributed by atoms with Gasteiger partial charge in [-0.15, -0.1) is 0 Å². The molecule has 0 N–H and O–H groups in total. The third-order valence-corrected chi connectivity index (χ3v) is 3.33. The topological polar surface area (TPSA) is 31.0 Å². The minimum atomic E-state index is 0.500. The van der Waals surface area contributed by atoms with Gasteiger partial charge in [-0.1, -0.05) is 12.1 Å². The fourth-order valence-corrected chi connectivity index (χ4v) is 2.19. The van der Waals surface area contributed by atoms with Crippen LogP contribution in [-0.2, 0) is 13.5 Å². The maximum atomic E-state index is 5.53. The highest BCUT2D eigenvalue weighted by atomic mass is 32.1. The van der Waals surface area contributed by atoms with Crippen LogP contribution in [-0.4, -0.2) is 9.55 Å². The molecule has 2 heterocycles. The van der Waals surface area contributed by atoms with Crippen LogP contribution >= 0.6 is 12.2 Å². The second-order valence-corrected chi connectivity index (χ2v) is 4.58. The zero-order chi connectivity index (χ0) is 12.5. The zero-order valence-electron chi connectivity index (χ0n) is 9.96. The lowest BCUT2D eigenvalue weighted by atomic mass is 10.1. The van der Waals surface area contributed by atoms with Gasteiger partial charge in [-0.25, -0.2) is 0 Å². The van der Waals surface area contributed by atoms with Crippen LogP contribution in [0.2, 0.25) is 0 Å². The van der Waals surface area contributed by atoms with Crippen molar-refractivity contribution in [1.82, 2.24) is 9.55 Å². The van der Waals surface area contributed by atoms with Crippen LogP contribution in [0.25, 0.3) is 11.1 Å². The zero-order valence-corrected chi connectivity index (χ0v) is 10.8. The lowest BCUT2D eigenvalue weighted by Gasteiger charge is -2.00. The number of oxazole rings is 1. The summed E-state index contributed by atoms with van der Waals surface area (Å²) in [4.78, 5) is 4.82. The summed E-state index contributed by atoms with van der Waals surface area (Å²) >= 11 is 5.11. The van der Waals surface area contributed by atoms with Gasteiger partial charge in [-0.05, 0) is 42.0 Å². The van der Waals surface area contributed by atoms with Gasteiger partial charge in [0.2, 0.25) is 0 Å². The van der Waals surface area contributed by atoms with E-state index in [1.54, 1.807) is 0 Å². The molecule has 0 radical (unpaired) electrons. The summed E-state index contributed by atoms with van der Waals surface area (Å²) in [5.74, 6) is 0. The first kappa shape index (κ1) is 11.2. The van der Waals surface area contributed by atoms with Crippen molar-refractivity contribution in [3.8, 4) is 0 Å². The average Bonchev–Trinajstić information content (AvgIpc) is 2.66. The number of pyridine rings is 1. The van der Waals surface area contributed by atoms with Crippen LogP contribution in [0.5, 0.6) is 0 Å². The van der Waals surface area contributed by atoms with Crippen molar-refractivity contribution in [1.29, 1.82) is 0 Å². The smallest absolute Gasteiger partial charge is 0.269 e. The number of aromatic nitrogens is 2. The molecule has 0 saturated carbocycles. The van der Waals surface area contributed by atoms with Crippen molar-refractivity contribution in [3.05, 3.63) is 58.7 Å². The summed E-state index contributed by atoms with van der Waals surface area (Å²) in [7, 11) is 1.91. The molecule has 90 valence electrons. The molecule has 0 atom stereocenters. The van der Waals surface area contributed by atoms with E-state index in [1.807, 2.05) is 48.1 Å². The molecule has 2 aromatic heterocycles. The van der Waals surface area contributed by atoms with Crippen LogP contribution in [0.15, 0.2) is 47.0 Å². The molecule has 0 aliphatic rings. The fraction of sp³-hybridized carbons (Fsp3) is 0.143. The predicted molar refractivity (Wildman–Crippen MR) is 73.1 cm³/mol. The normalized spacial score (nSPS) is 10.9. The Kier molecular flexibility index (Phi) is 2.72. The summed E-state index contributed by atoms with van der Waals surface area (Å²) in [6, 6.07) is 12.1. The Labute approximate surface area is 110 Å². The van der Waals surface area contributed by atoms with E-state index in [-0.39, 0.29) is 0 Å². The molecule has 3 nitrogen and oxygen atoms in total. The molecular formula is C14H12N2OS. The van der Waals surface area contributed by atoms with Gasteiger partial charge in [-0.2, -0.15) is 0 Å². The minimum Gasteiger partial charge on any atom is -0.429 e. The van der Waals surface area contributed by atoms with Crippen LogP contribution < -0.4 is 0 Å². The molecule has 3 rings (SSSR count). The number of fused-ring (bicyclic) bond motifs is 1. The number of benzene rings is 1. The third kappa shape index (κ3) is 1.95. The molecular weight excluding hydrogens is 244 g/mol. The van der Waals surface area contributed by atoms with E-state index < -0.39 is 0 Å². The number of aryl methyl sites for hydroxylation is 1. The largest absolute Gasteiger partial charge is 0.429 e. The van der Waals surface area contributed by atoms with Crippen molar-refractivity contribution < 1.29 is 4.42 Å². The molecule has 4 heteroatoms. The van der Waals surface area contributed by atoms with Crippen molar-refractivity contribution in [2.45, 2.75) is 6.42 Å². The lowest BCUT2D eigenvalue weighted by molar-refractivity contribution is 0.558. The number of nitrogens with zero attached hydrogens (tertiary/aromatic N) is 2. The SMILES string of the molecule is Cn1c(=S)oc2cc(Cc3ccccn3)ccc21. The van der Waals surface area contributed by atoms with Crippen molar-refractivity contribution in [2.24, 2.45) is 7.05 Å². The molecule has 0 saturated heterocycles. The van der Waals surface area contributed by atoms with Crippen molar-refractivity contribution >= 4 is 23.3 Å². The Bertz CT molecular complexity index is 743. The average molecular weight is 256 g/mol. The Balaban J connectivity index is 2.01. The maximum Gasteiger partial charge on any atom is 0.269 e. The predicted octanol–water partition coefficient (Wildman–Crippen LogP) is 3.49. The van der Waals surface area contributed by atoms with Crippen LogP contribution in [0, 0.1) is 4.84 Å². The van der Waals surface area contributed by atoms with E-state index in [0.717, 1.165) is 23.2 Å². The van der Waals surface area contributed by atoms with Crippen LogP contribution in [0.1, 0.15) is 11.3 Å². The van der Waals surface area contributed by atoms with Crippen molar-refractivity contribution in [2.75, 3.05) is 0 Å².